The first-order chi connectivity index (χ1) is 11.3. The summed E-state index contributed by atoms with van der Waals surface area (Å²) in [6.07, 6.45) is 4.09. The summed E-state index contributed by atoms with van der Waals surface area (Å²) < 4.78 is 10.4. The van der Waals surface area contributed by atoms with Crippen molar-refractivity contribution in [2.75, 3.05) is 32.6 Å². The topological polar surface area (TPSA) is 85.4 Å². The average molecular weight is 316 g/mol. The van der Waals surface area contributed by atoms with Gasteiger partial charge >= 0.3 is 0 Å². The summed E-state index contributed by atoms with van der Waals surface area (Å²) in [6, 6.07) is 6.96. The van der Waals surface area contributed by atoms with E-state index in [1.165, 1.54) is 14.2 Å². The second-order valence-electron chi connectivity index (χ2n) is 4.65. The molecule has 1 aromatic heterocycles. The minimum atomic E-state index is -0.197. The second kappa shape index (κ2) is 8.57. The highest BCUT2D eigenvalue weighted by Gasteiger charge is 2.15. The van der Waals surface area contributed by atoms with Crippen LogP contribution in [0.15, 0.2) is 36.7 Å². The van der Waals surface area contributed by atoms with Crippen LogP contribution in [-0.4, -0.2) is 43.2 Å². The molecule has 0 radical (unpaired) electrons. The van der Waals surface area contributed by atoms with Crippen LogP contribution in [0, 0.1) is 0 Å². The number of hydrogen-bond donors (Lipinski definition) is 2. The second-order valence-corrected chi connectivity index (χ2v) is 4.65. The lowest BCUT2D eigenvalue weighted by atomic mass is 10.1. The molecule has 0 aliphatic rings. The standard InChI is InChI=1S/C16H20N4O3/c1-22-13-7-3-6-12(14(13)23-2)15(21)17-8-4-9-18-16-19-10-5-11-20-16/h3,5-7,10-11H,4,8-9H2,1-2H3,(H,17,21)(H,18,19,20). The molecule has 1 aromatic carbocycles. The quantitative estimate of drug-likeness (QED) is 0.721. The third-order valence-corrected chi connectivity index (χ3v) is 3.14. The Balaban J connectivity index is 1.81. The van der Waals surface area contributed by atoms with E-state index in [2.05, 4.69) is 20.6 Å². The number of para-hydroxylation sites is 1. The molecule has 7 nitrogen and oxygen atoms in total. The summed E-state index contributed by atoms with van der Waals surface area (Å²) in [5, 5.41) is 5.94. The number of carbonyl (C=O) groups is 1. The van der Waals surface area contributed by atoms with Crippen molar-refractivity contribution < 1.29 is 14.3 Å². The van der Waals surface area contributed by atoms with Gasteiger partial charge in [-0.15, -0.1) is 0 Å². The Hall–Kier alpha value is -2.83. The summed E-state index contributed by atoms with van der Waals surface area (Å²) in [5.74, 6) is 1.34. The van der Waals surface area contributed by atoms with Crippen LogP contribution in [-0.2, 0) is 0 Å². The van der Waals surface area contributed by atoms with Crippen LogP contribution < -0.4 is 20.1 Å². The molecule has 0 saturated heterocycles. The van der Waals surface area contributed by atoms with Crippen molar-refractivity contribution in [3.05, 3.63) is 42.2 Å². The van der Waals surface area contributed by atoms with E-state index in [-0.39, 0.29) is 5.91 Å². The summed E-state index contributed by atoms with van der Waals surface area (Å²) in [5.41, 5.74) is 0.450. The maximum Gasteiger partial charge on any atom is 0.255 e. The number of hydrogen-bond acceptors (Lipinski definition) is 6. The maximum atomic E-state index is 12.2. The third-order valence-electron chi connectivity index (χ3n) is 3.14. The number of nitrogens with zero attached hydrogens (tertiary/aromatic N) is 2. The van der Waals surface area contributed by atoms with Gasteiger partial charge in [-0.25, -0.2) is 9.97 Å². The molecule has 0 fully saturated rings. The van der Waals surface area contributed by atoms with Gasteiger partial charge in [0, 0.05) is 25.5 Å². The number of ether oxygens (including phenoxy) is 2. The SMILES string of the molecule is COc1cccc(C(=O)NCCCNc2ncccn2)c1OC. The number of benzene rings is 1. The minimum Gasteiger partial charge on any atom is -0.493 e. The first-order valence-corrected chi connectivity index (χ1v) is 7.26. The lowest BCUT2D eigenvalue weighted by Crippen LogP contribution is -2.26. The Kier molecular flexibility index (Phi) is 6.17. The zero-order valence-electron chi connectivity index (χ0n) is 13.2. The normalized spacial score (nSPS) is 10.0. The lowest BCUT2D eigenvalue weighted by Gasteiger charge is -2.12. The molecule has 0 aliphatic heterocycles. The molecule has 0 saturated carbocycles. The van der Waals surface area contributed by atoms with Crippen LogP contribution in [0.25, 0.3) is 0 Å². The Morgan fingerprint density at radius 2 is 1.87 bits per heavy atom. The van der Waals surface area contributed by atoms with E-state index in [1.54, 1.807) is 36.7 Å². The van der Waals surface area contributed by atoms with Crippen LogP contribution in [0.2, 0.25) is 0 Å². The molecule has 0 atom stereocenters. The highest BCUT2D eigenvalue weighted by molar-refractivity contribution is 5.97. The van der Waals surface area contributed by atoms with Crippen molar-refractivity contribution >= 4 is 11.9 Å². The molecular formula is C16H20N4O3. The maximum absolute atomic E-state index is 12.2. The molecular weight excluding hydrogens is 296 g/mol. The largest absolute Gasteiger partial charge is 0.493 e. The van der Waals surface area contributed by atoms with Crippen LogP contribution in [0.1, 0.15) is 16.8 Å². The molecule has 0 aliphatic carbocycles. The summed E-state index contributed by atoms with van der Waals surface area (Å²) in [6.45, 7) is 1.19. The fourth-order valence-electron chi connectivity index (χ4n) is 2.04. The smallest absolute Gasteiger partial charge is 0.255 e. The van der Waals surface area contributed by atoms with Gasteiger partial charge in [0.05, 0.1) is 19.8 Å². The van der Waals surface area contributed by atoms with Gasteiger partial charge in [-0.2, -0.15) is 0 Å². The highest BCUT2D eigenvalue weighted by atomic mass is 16.5. The molecule has 2 N–H and O–H groups in total. The molecule has 2 aromatic rings. The highest BCUT2D eigenvalue weighted by Crippen LogP contribution is 2.30. The fraction of sp³-hybridized carbons (Fsp3) is 0.312. The van der Waals surface area contributed by atoms with Crippen LogP contribution in [0.4, 0.5) is 5.95 Å². The monoisotopic (exact) mass is 316 g/mol. The number of aromatic nitrogens is 2. The van der Waals surface area contributed by atoms with Crippen molar-refractivity contribution in [2.45, 2.75) is 6.42 Å². The van der Waals surface area contributed by atoms with Crippen molar-refractivity contribution in [3.63, 3.8) is 0 Å². The van der Waals surface area contributed by atoms with E-state index in [1.807, 2.05) is 0 Å². The van der Waals surface area contributed by atoms with Gasteiger partial charge in [0.2, 0.25) is 5.95 Å². The van der Waals surface area contributed by atoms with E-state index in [0.717, 1.165) is 6.42 Å². The molecule has 0 unspecified atom stereocenters. The predicted octanol–water partition coefficient (Wildman–Crippen LogP) is 1.73. The number of carbonyl (C=O) groups excluding carboxylic acids is 1. The number of rotatable bonds is 8. The molecule has 7 heteroatoms. The lowest BCUT2D eigenvalue weighted by molar-refractivity contribution is 0.0950. The Morgan fingerprint density at radius 3 is 2.57 bits per heavy atom. The third kappa shape index (κ3) is 4.57. The minimum absolute atomic E-state index is 0.197. The van der Waals surface area contributed by atoms with Crippen molar-refractivity contribution in [2.24, 2.45) is 0 Å². The summed E-state index contributed by atoms with van der Waals surface area (Å²) in [7, 11) is 3.05. The number of methoxy groups -OCH3 is 2. The van der Waals surface area contributed by atoms with Gasteiger partial charge in [0.1, 0.15) is 0 Å². The first-order valence-electron chi connectivity index (χ1n) is 7.26. The summed E-state index contributed by atoms with van der Waals surface area (Å²) >= 11 is 0. The van der Waals surface area contributed by atoms with Crippen LogP contribution >= 0.6 is 0 Å². The van der Waals surface area contributed by atoms with Gasteiger partial charge in [0.15, 0.2) is 11.5 Å². The van der Waals surface area contributed by atoms with E-state index in [0.29, 0.717) is 36.1 Å². The van der Waals surface area contributed by atoms with Crippen LogP contribution in [0.5, 0.6) is 11.5 Å². The van der Waals surface area contributed by atoms with Crippen LogP contribution in [0.3, 0.4) is 0 Å². The van der Waals surface area contributed by atoms with E-state index < -0.39 is 0 Å². The van der Waals surface area contributed by atoms with E-state index in [4.69, 9.17) is 9.47 Å². The van der Waals surface area contributed by atoms with Crippen molar-refractivity contribution in [1.29, 1.82) is 0 Å². The van der Waals surface area contributed by atoms with Gasteiger partial charge in [-0.1, -0.05) is 6.07 Å². The number of amides is 1. The zero-order chi connectivity index (χ0) is 16.5. The summed E-state index contributed by atoms with van der Waals surface area (Å²) in [4.78, 5) is 20.4. The molecule has 2 rings (SSSR count). The van der Waals surface area contributed by atoms with Gasteiger partial charge in [0.25, 0.3) is 5.91 Å². The Morgan fingerprint density at radius 1 is 1.09 bits per heavy atom. The molecule has 1 heterocycles. The fourth-order valence-corrected chi connectivity index (χ4v) is 2.04. The number of nitrogens with one attached hydrogen (secondary N) is 2. The molecule has 122 valence electrons. The average Bonchev–Trinajstić information content (AvgIpc) is 2.61. The number of anilines is 1. The van der Waals surface area contributed by atoms with E-state index in [9.17, 15) is 4.79 Å². The molecule has 0 spiro atoms. The Bertz CT molecular complexity index is 634. The van der Waals surface area contributed by atoms with Gasteiger partial charge in [-0.3, -0.25) is 4.79 Å². The van der Waals surface area contributed by atoms with Crippen molar-refractivity contribution in [3.8, 4) is 11.5 Å². The molecule has 0 bridgehead atoms. The van der Waals surface area contributed by atoms with Gasteiger partial charge < -0.3 is 20.1 Å². The molecule has 23 heavy (non-hydrogen) atoms. The zero-order valence-corrected chi connectivity index (χ0v) is 13.2. The van der Waals surface area contributed by atoms with E-state index >= 15 is 0 Å². The van der Waals surface area contributed by atoms with Gasteiger partial charge in [-0.05, 0) is 24.6 Å². The predicted molar refractivity (Wildman–Crippen MR) is 87.0 cm³/mol. The van der Waals surface area contributed by atoms with Crippen molar-refractivity contribution in [1.82, 2.24) is 15.3 Å². The molecule has 1 amide bonds. The first kappa shape index (κ1) is 16.5. The Labute approximate surface area is 135 Å².